The number of amides is 1. The number of carbonyl (C=O) groups excluding carboxylic acids is 1. The molecule has 0 heterocycles. The Morgan fingerprint density at radius 2 is 2.00 bits per heavy atom. The molecule has 0 saturated heterocycles. The third-order valence-corrected chi connectivity index (χ3v) is 1.95. The van der Waals surface area contributed by atoms with Gasteiger partial charge in [-0.15, -0.1) is 6.58 Å². The molecule has 70 valence electrons. The summed E-state index contributed by atoms with van der Waals surface area (Å²) in [5, 5.41) is 0. The normalized spacial score (nSPS) is 11.1. The number of benzene rings is 1. The monoisotopic (exact) mass is 183 g/mol. The molecule has 0 unspecified atom stereocenters. The predicted molar refractivity (Wildman–Crippen MR) is 60.3 cm³/mol. The van der Waals surface area contributed by atoms with Crippen molar-refractivity contribution in [1.29, 1.82) is 0 Å². The van der Waals surface area contributed by atoms with E-state index in [0.717, 1.165) is 5.56 Å². The Morgan fingerprint density at radius 3 is 2.43 bits per heavy atom. The van der Waals surface area contributed by atoms with Crippen molar-refractivity contribution in [2.24, 2.45) is 5.73 Å². The molecule has 0 aliphatic rings. The molecule has 1 aromatic rings. The summed E-state index contributed by atoms with van der Waals surface area (Å²) in [5.41, 5.74) is 6.22. The van der Waals surface area contributed by atoms with Gasteiger partial charge < -0.3 is 5.73 Å². The van der Waals surface area contributed by atoms with Crippen LogP contribution in [-0.2, 0) is 4.79 Å². The Kier molecular flexibility index (Phi) is 6.03. The molecule has 1 atom stereocenters. The summed E-state index contributed by atoms with van der Waals surface area (Å²) in [6, 6.07) is 9.51. The average Bonchev–Trinajstić information content (AvgIpc) is 2.15. The quantitative estimate of drug-likeness (QED) is 0.552. The number of hydrogen-bond acceptors (Lipinski definition) is 1. The van der Waals surface area contributed by atoms with Crippen LogP contribution in [0.2, 0.25) is 0 Å². The molecule has 14 heavy (non-hydrogen) atoms. The fourth-order valence-corrected chi connectivity index (χ4v) is 1.27. The van der Waals surface area contributed by atoms with Crippen LogP contribution in [0, 0.1) is 0 Å². The van der Waals surface area contributed by atoms with Crippen molar-refractivity contribution in [1.82, 2.24) is 0 Å². The fraction of sp³-hybridized carbons (Fsp3) is 0.182. The van der Waals surface area contributed by atoms with Crippen molar-refractivity contribution in [3.8, 4) is 0 Å². The van der Waals surface area contributed by atoms with Crippen molar-refractivity contribution in [3.63, 3.8) is 0 Å². The number of nitrogens with two attached hydrogens (primary N) is 1. The first kappa shape index (κ1) is 13.0. The van der Waals surface area contributed by atoms with Crippen LogP contribution in [0.4, 0.5) is 0 Å². The van der Waals surface area contributed by atoms with Crippen LogP contribution in [0.3, 0.4) is 0 Å². The molecular weight excluding hydrogens is 169 g/mol. The summed E-state index contributed by atoms with van der Waals surface area (Å²) in [7, 11) is 0. The van der Waals surface area contributed by atoms with Gasteiger partial charge >= 0.3 is 18.9 Å². The van der Waals surface area contributed by atoms with Gasteiger partial charge in [0.25, 0.3) is 0 Å². The zero-order valence-electron chi connectivity index (χ0n) is 7.44. The zero-order chi connectivity index (χ0) is 9.68. The summed E-state index contributed by atoms with van der Waals surface area (Å²) in [4.78, 5) is 11.1. The topological polar surface area (TPSA) is 43.1 Å². The van der Waals surface area contributed by atoms with Gasteiger partial charge in [0.2, 0.25) is 5.91 Å². The van der Waals surface area contributed by atoms with Gasteiger partial charge in [-0.25, -0.2) is 0 Å². The summed E-state index contributed by atoms with van der Waals surface area (Å²) in [6.45, 7) is 3.60. The zero-order valence-corrected chi connectivity index (χ0v) is 7.44. The van der Waals surface area contributed by atoms with E-state index in [-0.39, 0.29) is 30.7 Å². The second-order valence-electron chi connectivity index (χ2n) is 2.89. The third-order valence-electron chi connectivity index (χ3n) is 1.95. The van der Waals surface area contributed by atoms with Gasteiger partial charge in [0.15, 0.2) is 0 Å². The minimum atomic E-state index is -0.300. The van der Waals surface area contributed by atoms with Crippen molar-refractivity contribution in [2.75, 3.05) is 0 Å². The molecule has 0 radical (unpaired) electrons. The maximum atomic E-state index is 11.1. The molecule has 0 saturated carbocycles. The molecule has 0 aliphatic heterocycles. The standard InChI is InChI=1S/C11H13NO.Li.H/c1-2-6-10(11(12)13)9-7-4-3-5-8-9;;/h2-5,7-8,10H,1,6H2,(H2,12,13);;/t10-;;/m0../s1. The number of hydrogen-bond donors (Lipinski definition) is 1. The number of carbonyl (C=O) groups is 1. The average molecular weight is 183 g/mol. The Hall–Kier alpha value is -0.973. The van der Waals surface area contributed by atoms with Crippen LogP contribution in [-0.4, -0.2) is 24.8 Å². The van der Waals surface area contributed by atoms with Gasteiger partial charge in [-0.2, -0.15) is 0 Å². The van der Waals surface area contributed by atoms with Crippen LogP contribution in [0.15, 0.2) is 43.0 Å². The van der Waals surface area contributed by atoms with Gasteiger partial charge in [0.05, 0.1) is 5.92 Å². The Bertz CT molecular complexity index is 297. The molecule has 0 spiro atoms. The number of rotatable bonds is 4. The first-order valence-corrected chi connectivity index (χ1v) is 4.21. The van der Waals surface area contributed by atoms with Crippen LogP contribution >= 0.6 is 0 Å². The van der Waals surface area contributed by atoms with Gasteiger partial charge in [-0.3, -0.25) is 4.79 Å². The van der Waals surface area contributed by atoms with Gasteiger partial charge in [0.1, 0.15) is 0 Å². The van der Waals surface area contributed by atoms with Crippen LogP contribution < -0.4 is 5.73 Å². The van der Waals surface area contributed by atoms with Gasteiger partial charge in [-0.05, 0) is 12.0 Å². The van der Waals surface area contributed by atoms with Crippen molar-refractivity contribution < 1.29 is 4.79 Å². The number of allylic oxidation sites excluding steroid dienone is 1. The molecule has 2 nitrogen and oxygen atoms in total. The van der Waals surface area contributed by atoms with E-state index in [0.29, 0.717) is 6.42 Å². The molecule has 1 rings (SSSR count). The first-order chi connectivity index (χ1) is 6.25. The summed E-state index contributed by atoms with van der Waals surface area (Å²) in [5.74, 6) is -0.537. The third kappa shape index (κ3) is 3.41. The van der Waals surface area contributed by atoms with Crippen LogP contribution in [0.25, 0.3) is 0 Å². The van der Waals surface area contributed by atoms with Crippen molar-refractivity contribution in [3.05, 3.63) is 48.6 Å². The SMILES string of the molecule is C=CC[C@H](C(N)=O)c1ccccc1.[LiH]. The molecule has 0 bridgehead atoms. The van der Waals surface area contributed by atoms with Crippen LogP contribution in [0.5, 0.6) is 0 Å². The van der Waals surface area contributed by atoms with E-state index in [2.05, 4.69) is 6.58 Å². The van der Waals surface area contributed by atoms with E-state index >= 15 is 0 Å². The minimum absolute atomic E-state index is 0. The first-order valence-electron chi connectivity index (χ1n) is 4.21. The van der Waals surface area contributed by atoms with Gasteiger partial charge in [-0.1, -0.05) is 36.4 Å². The second-order valence-corrected chi connectivity index (χ2v) is 2.89. The maximum absolute atomic E-state index is 11.1. The summed E-state index contributed by atoms with van der Waals surface area (Å²) >= 11 is 0. The van der Waals surface area contributed by atoms with Gasteiger partial charge in [0, 0.05) is 0 Å². The van der Waals surface area contributed by atoms with Crippen LogP contribution in [0.1, 0.15) is 17.9 Å². The second kappa shape index (κ2) is 6.48. The molecule has 1 amide bonds. The van der Waals surface area contributed by atoms with E-state index in [9.17, 15) is 4.79 Å². The van der Waals surface area contributed by atoms with Crippen molar-refractivity contribution in [2.45, 2.75) is 12.3 Å². The Morgan fingerprint density at radius 1 is 1.43 bits per heavy atom. The van der Waals surface area contributed by atoms with E-state index in [1.165, 1.54) is 0 Å². The molecule has 0 aliphatic carbocycles. The molecule has 0 aromatic heterocycles. The van der Waals surface area contributed by atoms with Crippen molar-refractivity contribution >= 4 is 24.8 Å². The predicted octanol–water partition coefficient (Wildman–Crippen LogP) is 1.18. The number of primary amides is 1. The molecule has 1 aromatic carbocycles. The van der Waals surface area contributed by atoms with E-state index < -0.39 is 0 Å². The van der Waals surface area contributed by atoms with E-state index in [1.54, 1.807) is 6.08 Å². The molecular formula is C11H14LiNO. The van der Waals surface area contributed by atoms with E-state index in [4.69, 9.17) is 5.73 Å². The summed E-state index contributed by atoms with van der Waals surface area (Å²) in [6.07, 6.45) is 2.31. The Balaban J connectivity index is 0.00000169. The Labute approximate surface area is 96.4 Å². The van der Waals surface area contributed by atoms with E-state index in [1.807, 2.05) is 30.3 Å². The summed E-state index contributed by atoms with van der Waals surface area (Å²) < 4.78 is 0. The molecule has 3 heteroatoms. The molecule has 0 fully saturated rings. The molecule has 2 N–H and O–H groups in total. The fourth-order valence-electron chi connectivity index (χ4n) is 1.27.